The molecule has 5 nitrogen and oxygen atoms in total. The summed E-state index contributed by atoms with van der Waals surface area (Å²) in [6, 6.07) is 15.2. The van der Waals surface area contributed by atoms with Gasteiger partial charge >= 0.3 is 12.4 Å². The van der Waals surface area contributed by atoms with E-state index in [1.807, 2.05) is 18.2 Å². The second-order valence-electron chi connectivity index (χ2n) is 6.72. The van der Waals surface area contributed by atoms with Gasteiger partial charge in [0.05, 0.1) is 32.7 Å². The topological polar surface area (TPSA) is 46.0 Å². The number of hydrogen-bond acceptors (Lipinski definition) is 2. The van der Waals surface area contributed by atoms with E-state index in [4.69, 9.17) is 0 Å². The van der Waals surface area contributed by atoms with E-state index in [1.54, 1.807) is 4.90 Å². The minimum absolute atomic E-state index is 0.244. The van der Waals surface area contributed by atoms with Gasteiger partial charge in [-0.15, -0.1) is 13.2 Å². The molecule has 0 atom stereocenters. The van der Waals surface area contributed by atoms with Crippen LogP contribution >= 0.6 is 0 Å². The van der Waals surface area contributed by atoms with Crippen molar-refractivity contribution in [1.82, 2.24) is 4.90 Å². The maximum Gasteiger partial charge on any atom is 0.573 e. The van der Waals surface area contributed by atoms with Crippen molar-refractivity contribution in [2.75, 3.05) is 38.0 Å². The second kappa shape index (κ2) is 8.97. The first-order valence-corrected chi connectivity index (χ1v) is 9.18. The molecule has 1 aliphatic heterocycles. The highest BCUT2D eigenvalue weighted by Crippen LogP contribution is 2.24. The zero-order valence-electron chi connectivity index (χ0n) is 15.3. The Morgan fingerprint density at radius 3 is 2.29 bits per heavy atom. The first kappa shape index (κ1) is 20.0. The lowest BCUT2D eigenvalue weighted by Gasteiger charge is -2.32. The zero-order valence-corrected chi connectivity index (χ0v) is 15.3. The molecule has 0 radical (unpaired) electrons. The molecular formula is C20H23F3N3O2+. The molecule has 1 saturated heterocycles. The molecule has 0 bridgehead atoms. The Labute approximate surface area is 161 Å². The average Bonchev–Trinajstić information content (AvgIpc) is 2.68. The Morgan fingerprint density at radius 1 is 1.04 bits per heavy atom. The molecule has 2 aromatic rings. The highest BCUT2D eigenvalue weighted by Gasteiger charge is 2.31. The molecule has 1 aliphatic rings. The zero-order chi connectivity index (χ0) is 20.0. The molecular weight excluding hydrogens is 371 g/mol. The molecule has 0 saturated carbocycles. The monoisotopic (exact) mass is 394 g/mol. The summed E-state index contributed by atoms with van der Waals surface area (Å²) in [7, 11) is 0. The van der Waals surface area contributed by atoms with Crippen molar-refractivity contribution in [3.63, 3.8) is 0 Å². The van der Waals surface area contributed by atoms with Gasteiger partial charge in [0.2, 0.25) is 0 Å². The van der Waals surface area contributed by atoms with Gasteiger partial charge in [0.25, 0.3) is 0 Å². The summed E-state index contributed by atoms with van der Waals surface area (Å²) in [4.78, 5) is 15.5. The predicted molar refractivity (Wildman–Crippen MR) is 99.4 cm³/mol. The molecule has 1 fully saturated rings. The average molecular weight is 394 g/mol. The van der Waals surface area contributed by atoms with Crippen LogP contribution in [0.25, 0.3) is 0 Å². The van der Waals surface area contributed by atoms with Crippen molar-refractivity contribution in [2.45, 2.75) is 12.8 Å². The lowest BCUT2D eigenvalue weighted by molar-refractivity contribution is -0.903. The Balaban J connectivity index is 1.42. The number of hydrogen-bond donors (Lipinski definition) is 2. The number of amides is 2. The van der Waals surface area contributed by atoms with Gasteiger partial charge in [0.1, 0.15) is 5.75 Å². The van der Waals surface area contributed by atoms with Gasteiger partial charge in [-0.1, -0.05) is 30.3 Å². The Hall–Kier alpha value is -2.74. The number of carbonyl (C=O) groups is 1. The van der Waals surface area contributed by atoms with Crippen LogP contribution in [0.1, 0.15) is 5.56 Å². The summed E-state index contributed by atoms with van der Waals surface area (Å²) in [5.41, 5.74) is 1.74. The van der Waals surface area contributed by atoms with E-state index >= 15 is 0 Å². The van der Waals surface area contributed by atoms with E-state index in [1.165, 1.54) is 34.7 Å². The molecule has 8 heteroatoms. The minimum Gasteiger partial charge on any atom is -0.406 e. The highest BCUT2D eigenvalue weighted by atomic mass is 19.4. The molecule has 0 spiro atoms. The van der Waals surface area contributed by atoms with E-state index in [2.05, 4.69) is 22.2 Å². The molecule has 150 valence electrons. The van der Waals surface area contributed by atoms with Crippen LogP contribution in [-0.4, -0.2) is 50.0 Å². The number of piperazine rings is 1. The Kier molecular flexibility index (Phi) is 6.41. The number of carbonyl (C=O) groups excluding carboxylic acids is 1. The lowest BCUT2D eigenvalue weighted by Crippen LogP contribution is -3.15. The van der Waals surface area contributed by atoms with Gasteiger partial charge < -0.3 is 19.9 Å². The highest BCUT2D eigenvalue weighted by molar-refractivity contribution is 5.89. The minimum atomic E-state index is -4.73. The molecule has 2 amide bonds. The third kappa shape index (κ3) is 6.16. The molecule has 3 rings (SSSR count). The van der Waals surface area contributed by atoms with Crippen LogP contribution in [0.2, 0.25) is 0 Å². The summed E-state index contributed by atoms with van der Waals surface area (Å²) in [5, 5.41) is 2.72. The van der Waals surface area contributed by atoms with E-state index in [0.717, 1.165) is 26.1 Å². The number of rotatable bonds is 5. The fourth-order valence-electron chi connectivity index (χ4n) is 3.18. The first-order chi connectivity index (χ1) is 13.4. The number of quaternary nitrogens is 1. The maximum atomic E-state index is 12.4. The molecule has 1 heterocycles. The molecule has 2 aromatic carbocycles. The van der Waals surface area contributed by atoms with Gasteiger partial charge in [0.15, 0.2) is 0 Å². The maximum absolute atomic E-state index is 12.4. The normalized spacial score (nSPS) is 15.3. The molecule has 0 aliphatic carbocycles. The quantitative estimate of drug-likeness (QED) is 0.819. The fourth-order valence-corrected chi connectivity index (χ4v) is 3.18. The van der Waals surface area contributed by atoms with Crippen LogP contribution < -0.4 is 15.0 Å². The third-order valence-electron chi connectivity index (χ3n) is 4.71. The van der Waals surface area contributed by atoms with Crippen molar-refractivity contribution >= 4 is 11.7 Å². The van der Waals surface area contributed by atoms with Crippen LogP contribution in [0.4, 0.5) is 23.7 Å². The number of benzene rings is 2. The van der Waals surface area contributed by atoms with Crippen molar-refractivity contribution in [1.29, 1.82) is 0 Å². The van der Waals surface area contributed by atoms with Crippen molar-refractivity contribution < 1.29 is 27.6 Å². The molecule has 0 unspecified atom stereocenters. The lowest BCUT2D eigenvalue weighted by atomic mass is 10.1. The third-order valence-corrected chi connectivity index (χ3v) is 4.71. The standard InChI is InChI=1S/C20H22F3N3O2/c21-20(22,23)28-18-8-6-17(7-9-18)24-19(27)26-14-12-25(13-15-26)11-10-16-4-2-1-3-5-16/h1-9H,10-15H2,(H,24,27)/p+1. The smallest absolute Gasteiger partial charge is 0.406 e. The van der Waals surface area contributed by atoms with Crippen LogP contribution in [0.15, 0.2) is 54.6 Å². The number of nitrogens with one attached hydrogen (secondary N) is 2. The number of nitrogens with zero attached hydrogens (tertiary/aromatic N) is 1. The number of anilines is 1. The van der Waals surface area contributed by atoms with Crippen molar-refractivity contribution in [3.8, 4) is 5.75 Å². The Morgan fingerprint density at radius 2 is 1.68 bits per heavy atom. The number of halogens is 3. The van der Waals surface area contributed by atoms with Crippen LogP contribution in [-0.2, 0) is 6.42 Å². The predicted octanol–water partition coefficient (Wildman–Crippen LogP) is 2.56. The number of ether oxygens (including phenoxy) is 1. The van der Waals surface area contributed by atoms with E-state index in [9.17, 15) is 18.0 Å². The van der Waals surface area contributed by atoms with E-state index in [-0.39, 0.29) is 11.8 Å². The summed E-state index contributed by atoms with van der Waals surface area (Å²) in [6.07, 6.45) is -3.72. The SMILES string of the molecule is O=C(Nc1ccc(OC(F)(F)F)cc1)N1CC[NH+](CCc2ccccc2)CC1. The molecule has 28 heavy (non-hydrogen) atoms. The fraction of sp³-hybridized carbons (Fsp3) is 0.350. The summed E-state index contributed by atoms with van der Waals surface area (Å²) in [6.45, 7) is 4.06. The second-order valence-corrected chi connectivity index (χ2v) is 6.72. The number of alkyl halides is 3. The number of urea groups is 1. The van der Waals surface area contributed by atoms with E-state index < -0.39 is 6.36 Å². The Bertz CT molecular complexity index is 759. The van der Waals surface area contributed by atoms with Gasteiger partial charge in [-0.25, -0.2) is 4.79 Å². The molecule has 2 N–H and O–H groups in total. The first-order valence-electron chi connectivity index (χ1n) is 9.18. The summed E-state index contributed by atoms with van der Waals surface area (Å²) >= 11 is 0. The van der Waals surface area contributed by atoms with Gasteiger partial charge in [-0.2, -0.15) is 0 Å². The summed E-state index contributed by atoms with van der Waals surface area (Å²) in [5.74, 6) is -0.318. The van der Waals surface area contributed by atoms with Crippen LogP contribution in [0, 0.1) is 0 Å². The summed E-state index contributed by atoms with van der Waals surface area (Å²) < 4.78 is 40.4. The van der Waals surface area contributed by atoms with Crippen molar-refractivity contribution in [2.24, 2.45) is 0 Å². The van der Waals surface area contributed by atoms with Gasteiger partial charge in [0, 0.05) is 12.1 Å². The molecule has 0 aromatic heterocycles. The van der Waals surface area contributed by atoms with Gasteiger partial charge in [-0.3, -0.25) is 0 Å². The van der Waals surface area contributed by atoms with E-state index in [0.29, 0.717) is 18.8 Å². The van der Waals surface area contributed by atoms with Crippen LogP contribution in [0.3, 0.4) is 0 Å². The van der Waals surface area contributed by atoms with Gasteiger partial charge in [-0.05, 0) is 29.8 Å². The van der Waals surface area contributed by atoms with Crippen LogP contribution in [0.5, 0.6) is 5.75 Å². The van der Waals surface area contributed by atoms with Crippen molar-refractivity contribution in [3.05, 3.63) is 60.2 Å². The largest absolute Gasteiger partial charge is 0.573 e.